The number of hydrogen-bond acceptors (Lipinski definition) is 5. The first-order valence-corrected chi connectivity index (χ1v) is 8.96. The molecule has 6 nitrogen and oxygen atoms in total. The average Bonchev–Trinajstić information content (AvgIpc) is 3.38. The van der Waals surface area contributed by atoms with Crippen LogP contribution >= 0.6 is 11.3 Å². The molecule has 4 aromatic rings. The molecule has 1 N–H and O–H groups in total. The molecule has 26 heavy (non-hydrogen) atoms. The summed E-state index contributed by atoms with van der Waals surface area (Å²) in [6, 6.07) is 13.7. The topological polar surface area (TPSA) is 72.7 Å². The van der Waals surface area contributed by atoms with E-state index < -0.39 is 0 Å². The van der Waals surface area contributed by atoms with Crippen molar-refractivity contribution in [2.24, 2.45) is 0 Å². The van der Waals surface area contributed by atoms with Crippen LogP contribution in [0, 0.1) is 0 Å². The van der Waals surface area contributed by atoms with Crippen molar-refractivity contribution in [3.8, 4) is 16.9 Å². The second-order valence-corrected chi connectivity index (χ2v) is 6.29. The Balaban J connectivity index is 1.65. The molecule has 0 spiro atoms. The van der Waals surface area contributed by atoms with E-state index in [0.717, 1.165) is 22.5 Å². The number of aromatic nitrogens is 4. The summed E-state index contributed by atoms with van der Waals surface area (Å²) in [5.41, 5.74) is 5.71. The molecule has 0 unspecified atom stereocenters. The smallest absolute Gasteiger partial charge is 0.271 e. The number of hydrogen-bond donors (Lipinski definition) is 1. The number of para-hydroxylation sites is 1. The maximum absolute atomic E-state index is 12.2. The molecule has 3 aromatic heterocycles. The fraction of sp³-hybridized carbons (Fsp3) is 0.0526. The lowest BCUT2D eigenvalue weighted by molar-refractivity contribution is 0.0946. The molecule has 1 aromatic carbocycles. The zero-order valence-electron chi connectivity index (χ0n) is 13.7. The van der Waals surface area contributed by atoms with Crippen molar-refractivity contribution < 1.29 is 4.79 Å². The lowest BCUT2D eigenvalue weighted by atomic mass is 10.1. The largest absolute Gasteiger partial charge is 0.346 e. The monoisotopic (exact) mass is 361 g/mol. The molecule has 0 fully saturated rings. The van der Waals surface area contributed by atoms with Gasteiger partial charge >= 0.3 is 0 Å². The van der Waals surface area contributed by atoms with Crippen molar-refractivity contribution in [2.45, 2.75) is 6.54 Å². The predicted octanol–water partition coefficient (Wildman–Crippen LogP) is 3.32. The van der Waals surface area contributed by atoms with Gasteiger partial charge in [-0.25, -0.2) is 9.67 Å². The summed E-state index contributed by atoms with van der Waals surface area (Å²) in [5, 5.41) is 9.36. The molecule has 0 atom stereocenters. The van der Waals surface area contributed by atoms with Crippen LogP contribution in [0.2, 0.25) is 0 Å². The molecule has 4 rings (SSSR count). The van der Waals surface area contributed by atoms with E-state index in [-0.39, 0.29) is 5.91 Å². The summed E-state index contributed by atoms with van der Waals surface area (Å²) in [5.74, 6) is -0.195. The standard InChI is InChI=1S/C19H15N5OS/c25-19(17-12-26-13-22-17)21-10-15-11-24(16-4-2-1-3-5-16)23-18(15)14-6-8-20-9-7-14/h1-9,11-13H,10H2,(H,21,25). The van der Waals surface area contributed by atoms with Gasteiger partial charge < -0.3 is 5.32 Å². The van der Waals surface area contributed by atoms with Gasteiger partial charge in [0.2, 0.25) is 0 Å². The van der Waals surface area contributed by atoms with Gasteiger partial charge in [0.25, 0.3) is 5.91 Å². The highest BCUT2D eigenvalue weighted by Crippen LogP contribution is 2.23. The van der Waals surface area contributed by atoms with E-state index in [0.29, 0.717) is 12.2 Å². The van der Waals surface area contributed by atoms with Crippen LogP contribution in [0.4, 0.5) is 0 Å². The summed E-state index contributed by atoms with van der Waals surface area (Å²) >= 11 is 1.40. The van der Waals surface area contributed by atoms with Crippen LogP contribution < -0.4 is 5.32 Å². The summed E-state index contributed by atoms with van der Waals surface area (Å²) in [6.07, 6.45) is 5.40. The molecule has 1 amide bonds. The fourth-order valence-corrected chi connectivity index (χ4v) is 3.13. The van der Waals surface area contributed by atoms with Crippen LogP contribution in [0.5, 0.6) is 0 Å². The quantitative estimate of drug-likeness (QED) is 0.592. The Kier molecular flexibility index (Phi) is 4.53. The van der Waals surface area contributed by atoms with Gasteiger partial charge in [-0.15, -0.1) is 11.3 Å². The summed E-state index contributed by atoms with van der Waals surface area (Å²) in [7, 11) is 0. The molecule has 0 aliphatic carbocycles. The maximum Gasteiger partial charge on any atom is 0.271 e. The van der Waals surface area contributed by atoms with E-state index in [1.165, 1.54) is 11.3 Å². The summed E-state index contributed by atoms with van der Waals surface area (Å²) in [4.78, 5) is 20.3. The van der Waals surface area contributed by atoms with Crippen molar-refractivity contribution >= 4 is 17.2 Å². The predicted molar refractivity (Wildman–Crippen MR) is 100 cm³/mol. The number of nitrogens with one attached hydrogen (secondary N) is 1. The number of amides is 1. The Labute approximate surface area is 154 Å². The lowest BCUT2D eigenvalue weighted by Gasteiger charge is -2.04. The van der Waals surface area contributed by atoms with Crippen LogP contribution in [0.15, 0.2) is 71.9 Å². The van der Waals surface area contributed by atoms with Gasteiger partial charge in [0.05, 0.1) is 16.9 Å². The molecular formula is C19H15N5OS. The third-order valence-electron chi connectivity index (χ3n) is 3.87. The first-order valence-electron chi connectivity index (χ1n) is 8.02. The van der Waals surface area contributed by atoms with Gasteiger partial charge in [0.1, 0.15) is 5.69 Å². The van der Waals surface area contributed by atoms with Gasteiger partial charge in [-0.1, -0.05) is 18.2 Å². The number of pyridine rings is 1. The van der Waals surface area contributed by atoms with Gasteiger partial charge in [-0.05, 0) is 24.3 Å². The molecule has 128 valence electrons. The highest BCUT2D eigenvalue weighted by atomic mass is 32.1. The first-order chi connectivity index (χ1) is 12.8. The normalized spacial score (nSPS) is 10.6. The molecule has 3 heterocycles. The minimum Gasteiger partial charge on any atom is -0.346 e. The second-order valence-electron chi connectivity index (χ2n) is 5.58. The summed E-state index contributed by atoms with van der Waals surface area (Å²) in [6.45, 7) is 0.362. The molecule has 0 aliphatic heterocycles. The molecular weight excluding hydrogens is 346 g/mol. The molecule has 0 saturated carbocycles. The number of thiazole rings is 1. The highest BCUT2D eigenvalue weighted by molar-refractivity contribution is 7.07. The zero-order chi connectivity index (χ0) is 17.8. The van der Waals surface area contributed by atoms with Crippen molar-refractivity contribution in [3.63, 3.8) is 0 Å². The van der Waals surface area contributed by atoms with Crippen LogP contribution in [-0.2, 0) is 6.54 Å². The molecule has 0 saturated heterocycles. The average molecular weight is 361 g/mol. The van der Waals surface area contributed by atoms with E-state index in [2.05, 4.69) is 15.3 Å². The number of nitrogens with zero attached hydrogens (tertiary/aromatic N) is 4. The highest BCUT2D eigenvalue weighted by Gasteiger charge is 2.14. The van der Waals surface area contributed by atoms with Gasteiger partial charge in [0, 0.05) is 41.6 Å². The molecule has 0 radical (unpaired) electrons. The van der Waals surface area contributed by atoms with Crippen molar-refractivity contribution in [1.29, 1.82) is 0 Å². The Morgan fingerprint density at radius 1 is 1.12 bits per heavy atom. The zero-order valence-corrected chi connectivity index (χ0v) is 14.6. The van der Waals surface area contributed by atoms with E-state index in [1.807, 2.05) is 53.3 Å². The first kappa shape index (κ1) is 16.2. The van der Waals surface area contributed by atoms with E-state index in [4.69, 9.17) is 5.10 Å². The minimum atomic E-state index is -0.195. The van der Waals surface area contributed by atoms with Crippen LogP contribution in [0.1, 0.15) is 16.1 Å². The van der Waals surface area contributed by atoms with Gasteiger partial charge in [-0.3, -0.25) is 9.78 Å². The maximum atomic E-state index is 12.2. The fourth-order valence-electron chi connectivity index (χ4n) is 2.60. The van der Waals surface area contributed by atoms with E-state index in [9.17, 15) is 4.79 Å². The van der Waals surface area contributed by atoms with E-state index in [1.54, 1.807) is 23.3 Å². The van der Waals surface area contributed by atoms with Crippen LogP contribution in [0.3, 0.4) is 0 Å². The molecule has 0 bridgehead atoms. The lowest BCUT2D eigenvalue weighted by Crippen LogP contribution is -2.23. The van der Waals surface area contributed by atoms with Crippen LogP contribution in [-0.4, -0.2) is 25.7 Å². The Morgan fingerprint density at radius 3 is 2.65 bits per heavy atom. The minimum absolute atomic E-state index is 0.195. The summed E-state index contributed by atoms with van der Waals surface area (Å²) < 4.78 is 1.82. The third-order valence-corrected chi connectivity index (χ3v) is 4.46. The number of rotatable bonds is 5. The number of carbonyl (C=O) groups is 1. The third kappa shape index (κ3) is 3.38. The van der Waals surface area contributed by atoms with Crippen molar-refractivity contribution in [2.75, 3.05) is 0 Å². The number of carbonyl (C=O) groups excluding carboxylic acids is 1. The SMILES string of the molecule is O=C(NCc1cn(-c2ccccc2)nc1-c1ccncc1)c1cscn1. The molecule has 7 heteroatoms. The Bertz CT molecular complexity index is 997. The molecule has 0 aliphatic rings. The van der Waals surface area contributed by atoms with E-state index >= 15 is 0 Å². The van der Waals surface area contributed by atoms with Gasteiger partial charge in [0.15, 0.2) is 0 Å². The van der Waals surface area contributed by atoms with Crippen molar-refractivity contribution in [3.05, 3.63) is 83.2 Å². The Hall–Kier alpha value is -3.32. The van der Waals surface area contributed by atoms with Gasteiger partial charge in [-0.2, -0.15) is 5.10 Å². The second kappa shape index (κ2) is 7.28. The Morgan fingerprint density at radius 2 is 1.92 bits per heavy atom. The number of benzene rings is 1. The van der Waals surface area contributed by atoms with Crippen LogP contribution in [0.25, 0.3) is 16.9 Å². The van der Waals surface area contributed by atoms with Crippen molar-refractivity contribution in [1.82, 2.24) is 25.1 Å².